The topological polar surface area (TPSA) is 50.8 Å². The van der Waals surface area contributed by atoms with Gasteiger partial charge in [-0.25, -0.2) is 0 Å². The summed E-state index contributed by atoms with van der Waals surface area (Å²) >= 11 is 0. The second-order valence-corrected chi connectivity index (χ2v) is 9.29. The largest absolute Gasteiger partial charge is 0.361 e. The normalized spacial score (nSPS) is 37.7. The molecule has 4 aliphatic carbocycles. The SMILES string of the molecule is Cc1noc(C)c1C(=O)N1CC[NH+](C23CC4CC(CC(C4)C2)C3)CC1. The first-order valence-corrected chi connectivity index (χ1v) is 10.1. The number of nitrogens with zero attached hydrogens (tertiary/aromatic N) is 2. The molecule has 0 aromatic carbocycles. The Bertz CT molecular complexity index is 632. The zero-order valence-electron chi connectivity index (χ0n) is 15.5. The van der Waals surface area contributed by atoms with Gasteiger partial charge < -0.3 is 14.3 Å². The maximum absolute atomic E-state index is 12.9. The Morgan fingerprint density at radius 2 is 1.64 bits per heavy atom. The Balaban J connectivity index is 1.28. The smallest absolute Gasteiger partial charge is 0.259 e. The van der Waals surface area contributed by atoms with Gasteiger partial charge in [0, 0.05) is 19.3 Å². The number of aryl methyl sites for hydroxylation is 2. The van der Waals surface area contributed by atoms with Crippen LogP contribution in [0.2, 0.25) is 0 Å². The highest BCUT2D eigenvalue weighted by Crippen LogP contribution is 2.54. The fraction of sp³-hybridized carbons (Fsp3) is 0.800. The fourth-order valence-corrected chi connectivity index (χ4v) is 7.00. The molecule has 1 saturated heterocycles. The van der Waals surface area contributed by atoms with Crippen LogP contribution in [0.15, 0.2) is 4.52 Å². The van der Waals surface area contributed by atoms with E-state index in [9.17, 15) is 4.79 Å². The van der Waals surface area contributed by atoms with Crippen molar-refractivity contribution in [2.45, 2.75) is 57.9 Å². The Morgan fingerprint density at radius 1 is 1.08 bits per heavy atom. The molecule has 5 fully saturated rings. The van der Waals surface area contributed by atoms with Gasteiger partial charge in [0.2, 0.25) is 0 Å². The van der Waals surface area contributed by atoms with Gasteiger partial charge in [-0.1, -0.05) is 5.16 Å². The highest BCUT2D eigenvalue weighted by atomic mass is 16.5. The van der Waals surface area contributed by atoms with E-state index < -0.39 is 0 Å². The molecule has 0 unspecified atom stereocenters. The van der Waals surface area contributed by atoms with Crippen LogP contribution >= 0.6 is 0 Å². The van der Waals surface area contributed by atoms with Crippen molar-refractivity contribution in [2.75, 3.05) is 26.2 Å². The molecule has 6 rings (SSSR count). The Morgan fingerprint density at radius 3 is 2.12 bits per heavy atom. The molecule has 5 nitrogen and oxygen atoms in total. The highest BCUT2D eigenvalue weighted by molar-refractivity contribution is 5.96. The summed E-state index contributed by atoms with van der Waals surface area (Å²) in [6.07, 6.45) is 8.86. The van der Waals surface area contributed by atoms with Gasteiger partial charge in [-0.2, -0.15) is 0 Å². The number of aromatic nitrogens is 1. The number of rotatable bonds is 2. The Kier molecular flexibility index (Phi) is 3.53. The van der Waals surface area contributed by atoms with Crippen molar-refractivity contribution in [1.29, 1.82) is 0 Å². The third-order valence-electron chi connectivity index (χ3n) is 7.69. The average Bonchev–Trinajstić information content (AvgIpc) is 2.92. The van der Waals surface area contributed by atoms with Crippen molar-refractivity contribution < 1.29 is 14.2 Å². The van der Waals surface area contributed by atoms with Crippen LogP contribution in [0, 0.1) is 31.6 Å². The molecule has 1 aromatic heterocycles. The average molecular weight is 344 g/mol. The molecule has 5 heteroatoms. The van der Waals surface area contributed by atoms with E-state index in [2.05, 4.69) is 5.16 Å². The van der Waals surface area contributed by atoms with Gasteiger partial charge in [0.05, 0.1) is 37.4 Å². The zero-order valence-corrected chi connectivity index (χ0v) is 15.5. The van der Waals surface area contributed by atoms with Crippen LogP contribution in [0.1, 0.15) is 60.3 Å². The second kappa shape index (κ2) is 5.57. The standard InChI is InChI=1S/C20H29N3O2/c1-13-18(14(2)25-21-13)19(24)22-3-5-23(6-4-22)20-10-15-7-16(11-20)9-17(8-15)12-20/h15-17H,3-12H2,1-2H3/p+1. The van der Waals surface area contributed by atoms with Gasteiger partial charge in [-0.15, -0.1) is 0 Å². The highest BCUT2D eigenvalue weighted by Gasteiger charge is 2.56. The molecular formula is C20H30N3O2+. The summed E-state index contributed by atoms with van der Waals surface area (Å²) < 4.78 is 5.19. The quantitative estimate of drug-likeness (QED) is 0.887. The van der Waals surface area contributed by atoms with Crippen LogP contribution in [0.5, 0.6) is 0 Å². The van der Waals surface area contributed by atoms with Crippen molar-refractivity contribution in [2.24, 2.45) is 17.8 Å². The molecule has 0 radical (unpaired) electrons. The maximum Gasteiger partial charge on any atom is 0.259 e. The number of carbonyl (C=O) groups excluding carboxylic acids is 1. The van der Waals surface area contributed by atoms with Crippen LogP contribution in [0.25, 0.3) is 0 Å². The van der Waals surface area contributed by atoms with Crippen LogP contribution in [-0.2, 0) is 0 Å². The lowest BCUT2D eigenvalue weighted by molar-refractivity contribution is -0.962. The predicted octanol–water partition coefficient (Wildman–Crippen LogP) is 1.60. The van der Waals surface area contributed by atoms with Gasteiger partial charge in [-0.3, -0.25) is 4.79 Å². The number of hydrogen-bond acceptors (Lipinski definition) is 3. The lowest BCUT2D eigenvalue weighted by atomic mass is 9.52. The molecule has 4 bridgehead atoms. The number of hydrogen-bond donors (Lipinski definition) is 1. The molecule has 1 aromatic rings. The van der Waals surface area contributed by atoms with Crippen molar-refractivity contribution >= 4 is 5.91 Å². The van der Waals surface area contributed by atoms with Crippen LogP contribution in [0.4, 0.5) is 0 Å². The monoisotopic (exact) mass is 344 g/mol. The molecule has 25 heavy (non-hydrogen) atoms. The van der Waals surface area contributed by atoms with E-state index in [1.807, 2.05) is 18.7 Å². The molecule has 1 amide bonds. The summed E-state index contributed by atoms with van der Waals surface area (Å²) in [4.78, 5) is 16.7. The third kappa shape index (κ3) is 2.46. The molecule has 1 N–H and O–H groups in total. The third-order valence-corrected chi connectivity index (χ3v) is 7.69. The minimum Gasteiger partial charge on any atom is -0.361 e. The lowest BCUT2D eigenvalue weighted by Gasteiger charge is -2.59. The van der Waals surface area contributed by atoms with E-state index in [0.29, 0.717) is 16.9 Å². The van der Waals surface area contributed by atoms with E-state index in [4.69, 9.17) is 4.52 Å². The lowest BCUT2D eigenvalue weighted by Crippen LogP contribution is -3.23. The van der Waals surface area contributed by atoms with Crippen molar-refractivity contribution in [3.8, 4) is 0 Å². The van der Waals surface area contributed by atoms with E-state index in [0.717, 1.165) is 49.6 Å². The fourth-order valence-electron chi connectivity index (χ4n) is 7.00. The molecule has 136 valence electrons. The van der Waals surface area contributed by atoms with E-state index >= 15 is 0 Å². The number of amides is 1. The van der Waals surface area contributed by atoms with Crippen molar-refractivity contribution in [3.05, 3.63) is 17.0 Å². The molecule has 4 saturated carbocycles. The minimum atomic E-state index is 0.112. The summed E-state index contributed by atoms with van der Waals surface area (Å²) in [6, 6.07) is 0. The van der Waals surface area contributed by atoms with Crippen LogP contribution in [-0.4, -0.2) is 47.7 Å². The molecular weight excluding hydrogens is 314 g/mol. The van der Waals surface area contributed by atoms with E-state index in [1.165, 1.54) is 38.5 Å². The molecule has 0 spiro atoms. The summed E-state index contributed by atoms with van der Waals surface area (Å²) in [5, 5.41) is 3.95. The molecule has 0 atom stereocenters. The van der Waals surface area contributed by atoms with E-state index in [1.54, 1.807) is 4.90 Å². The molecule has 2 heterocycles. The van der Waals surface area contributed by atoms with Crippen LogP contribution in [0.3, 0.4) is 0 Å². The van der Waals surface area contributed by atoms with Crippen molar-refractivity contribution in [1.82, 2.24) is 10.1 Å². The van der Waals surface area contributed by atoms with Gasteiger partial charge in [0.25, 0.3) is 5.91 Å². The van der Waals surface area contributed by atoms with Gasteiger partial charge in [0.15, 0.2) is 0 Å². The first kappa shape index (κ1) is 15.9. The summed E-state index contributed by atoms with van der Waals surface area (Å²) in [5.74, 6) is 3.77. The van der Waals surface area contributed by atoms with Crippen molar-refractivity contribution in [3.63, 3.8) is 0 Å². The second-order valence-electron chi connectivity index (χ2n) is 9.29. The first-order valence-electron chi connectivity index (χ1n) is 10.1. The maximum atomic E-state index is 12.9. The summed E-state index contributed by atoms with van der Waals surface area (Å²) in [6.45, 7) is 7.67. The Hall–Kier alpha value is -1.36. The first-order chi connectivity index (χ1) is 12.0. The zero-order chi connectivity index (χ0) is 17.2. The molecule has 1 aliphatic heterocycles. The Labute approximate surface area is 149 Å². The summed E-state index contributed by atoms with van der Waals surface area (Å²) in [5.41, 5.74) is 1.95. The number of nitrogens with one attached hydrogen (secondary N) is 1. The predicted molar refractivity (Wildman–Crippen MR) is 93.5 cm³/mol. The van der Waals surface area contributed by atoms with Gasteiger partial charge >= 0.3 is 0 Å². The van der Waals surface area contributed by atoms with Crippen LogP contribution < -0.4 is 4.90 Å². The molecule has 5 aliphatic rings. The minimum absolute atomic E-state index is 0.112. The van der Waals surface area contributed by atoms with Gasteiger partial charge in [0.1, 0.15) is 11.3 Å². The number of carbonyl (C=O) groups is 1. The van der Waals surface area contributed by atoms with E-state index in [-0.39, 0.29) is 5.91 Å². The number of piperazine rings is 1. The van der Waals surface area contributed by atoms with Gasteiger partial charge in [-0.05, 0) is 50.9 Å². The summed E-state index contributed by atoms with van der Waals surface area (Å²) in [7, 11) is 0. The number of quaternary nitrogens is 1.